The van der Waals surface area contributed by atoms with E-state index in [1.807, 2.05) is 0 Å². The van der Waals surface area contributed by atoms with E-state index in [0.29, 0.717) is 0 Å². The van der Waals surface area contributed by atoms with Crippen LogP contribution in [0.15, 0.2) is 23.8 Å². The maximum atomic E-state index is 12.6. The van der Waals surface area contributed by atoms with Crippen LogP contribution in [0.25, 0.3) is 0 Å². The molecule has 1 heterocycles. The fourth-order valence-electron chi connectivity index (χ4n) is 1.67. The number of fused-ring (bicyclic) bond motifs is 1. The van der Waals surface area contributed by atoms with E-state index < -0.39 is 29.4 Å². The van der Waals surface area contributed by atoms with Crippen molar-refractivity contribution in [2.75, 3.05) is 7.11 Å². The highest BCUT2D eigenvalue weighted by Gasteiger charge is 2.71. The highest BCUT2D eigenvalue weighted by Crippen LogP contribution is 2.52. The Labute approximate surface area is 83.2 Å². The lowest BCUT2D eigenvalue weighted by Crippen LogP contribution is -2.38. The molecule has 0 amide bonds. The van der Waals surface area contributed by atoms with Gasteiger partial charge in [0.2, 0.25) is 5.60 Å². The number of ether oxygens (including phenoxy) is 2. The molecular formula is C9H7F3O3. The first-order chi connectivity index (χ1) is 6.93. The third-order valence-electron chi connectivity index (χ3n) is 2.40. The number of allylic oxidation sites excluding steroid dienone is 2. The van der Waals surface area contributed by atoms with Gasteiger partial charge in [-0.05, 0) is 0 Å². The zero-order chi connectivity index (χ0) is 11.3. The van der Waals surface area contributed by atoms with Gasteiger partial charge >= 0.3 is 12.1 Å². The number of epoxide rings is 1. The summed E-state index contributed by atoms with van der Waals surface area (Å²) in [6, 6.07) is 0. The lowest BCUT2D eigenvalue weighted by Gasteiger charge is -2.18. The van der Waals surface area contributed by atoms with Crippen molar-refractivity contribution in [1.29, 1.82) is 0 Å². The lowest BCUT2D eigenvalue weighted by molar-refractivity contribution is -0.151. The van der Waals surface area contributed by atoms with Crippen LogP contribution in [0.3, 0.4) is 0 Å². The Morgan fingerprint density at radius 2 is 2.27 bits per heavy atom. The average Bonchev–Trinajstić information content (AvgIpc) is 2.89. The first-order valence-corrected chi connectivity index (χ1v) is 4.15. The summed E-state index contributed by atoms with van der Waals surface area (Å²) in [4.78, 5) is 11.3. The number of esters is 1. The van der Waals surface area contributed by atoms with E-state index in [1.54, 1.807) is 0 Å². The van der Waals surface area contributed by atoms with E-state index >= 15 is 0 Å². The molecule has 0 aromatic heterocycles. The molecule has 1 aliphatic carbocycles. The number of alkyl halides is 3. The summed E-state index contributed by atoms with van der Waals surface area (Å²) in [5.41, 5.74) is -2.96. The number of carbonyl (C=O) groups is 1. The first kappa shape index (κ1) is 10.2. The molecule has 0 radical (unpaired) electrons. The minimum absolute atomic E-state index is 0.834. The number of halogens is 3. The van der Waals surface area contributed by atoms with Crippen LogP contribution >= 0.6 is 0 Å². The second-order valence-corrected chi connectivity index (χ2v) is 3.23. The van der Waals surface area contributed by atoms with Crippen LogP contribution in [-0.4, -0.2) is 31.0 Å². The monoisotopic (exact) mass is 220 g/mol. The zero-order valence-corrected chi connectivity index (χ0v) is 7.67. The minimum Gasteiger partial charge on any atom is -0.467 e. The number of hydrogen-bond donors (Lipinski definition) is 0. The van der Waals surface area contributed by atoms with Crippen LogP contribution in [0.4, 0.5) is 13.2 Å². The van der Waals surface area contributed by atoms with E-state index in [1.165, 1.54) is 12.2 Å². The average molecular weight is 220 g/mol. The summed E-state index contributed by atoms with van der Waals surface area (Å²) >= 11 is 0. The van der Waals surface area contributed by atoms with Gasteiger partial charge in [-0.1, -0.05) is 18.2 Å². The molecule has 15 heavy (non-hydrogen) atoms. The number of rotatable bonds is 1. The topological polar surface area (TPSA) is 38.8 Å². The molecule has 0 bridgehead atoms. The first-order valence-electron chi connectivity index (χ1n) is 4.15. The smallest absolute Gasteiger partial charge is 0.416 e. The molecule has 6 heteroatoms. The molecule has 2 rings (SSSR count). The molecule has 0 N–H and O–H groups in total. The van der Waals surface area contributed by atoms with Crippen molar-refractivity contribution in [3.8, 4) is 0 Å². The Hall–Kier alpha value is -1.30. The number of methoxy groups -OCH3 is 1. The molecule has 0 unspecified atom stereocenters. The molecule has 82 valence electrons. The normalized spacial score (nSPS) is 33.1. The molecule has 1 saturated heterocycles. The van der Waals surface area contributed by atoms with Crippen molar-refractivity contribution in [2.45, 2.75) is 17.9 Å². The van der Waals surface area contributed by atoms with E-state index in [2.05, 4.69) is 4.74 Å². The Bertz CT molecular complexity index is 369. The maximum absolute atomic E-state index is 12.6. The van der Waals surface area contributed by atoms with Gasteiger partial charge in [-0.25, -0.2) is 4.79 Å². The predicted molar refractivity (Wildman–Crippen MR) is 42.9 cm³/mol. The molecule has 0 spiro atoms. The molecule has 0 saturated carbocycles. The second kappa shape index (κ2) is 2.85. The Morgan fingerprint density at radius 1 is 1.60 bits per heavy atom. The summed E-state index contributed by atoms with van der Waals surface area (Å²) in [6.45, 7) is 0. The number of carbonyl (C=O) groups excluding carboxylic acids is 1. The van der Waals surface area contributed by atoms with Gasteiger partial charge in [0.15, 0.2) is 0 Å². The van der Waals surface area contributed by atoms with Crippen LogP contribution in [0.1, 0.15) is 0 Å². The van der Waals surface area contributed by atoms with Crippen LogP contribution in [0.5, 0.6) is 0 Å². The van der Waals surface area contributed by atoms with Gasteiger partial charge < -0.3 is 9.47 Å². The van der Waals surface area contributed by atoms with Crippen molar-refractivity contribution in [1.82, 2.24) is 0 Å². The molecule has 0 aromatic carbocycles. The van der Waals surface area contributed by atoms with Crippen LogP contribution in [0, 0.1) is 0 Å². The molecule has 1 aliphatic heterocycles. The van der Waals surface area contributed by atoms with E-state index in [4.69, 9.17) is 4.74 Å². The van der Waals surface area contributed by atoms with Crippen LogP contribution in [0.2, 0.25) is 0 Å². The van der Waals surface area contributed by atoms with E-state index in [-0.39, 0.29) is 0 Å². The fraction of sp³-hybridized carbons (Fsp3) is 0.444. The van der Waals surface area contributed by atoms with Crippen molar-refractivity contribution in [3.63, 3.8) is 0 Å². The van der Waals surface area contributed by atoms with Gasteiger partial charge in [-0.2, -0.15) is 13.2 Å². The van der Waals surface area contributed by atoms with E-state index in [0.717, 1.165) is 13.2 Å². The minimum atomic E-state index is -4.59. The third-order valence-corrected chi connectivity index (χ3v) is 2.40. The molecule has 2 atom stereocenters. The van der Waals surface area contributed by atoms with Crippen molar-refractivity contribution in [2.24, 2.45) is 0 Å². The van der Waals surface area contributed by atoms with Crippen LogP contribution in [-0.2, 0) is 14.3 Å². The van der Waals surface area contributed by atoms with Crippen molar-refractivity contribution >= 4 is 5.97 Å². The van der Waals surface area contributed by atoms with Gasteiger partial charge in [0.05, 0.1) is 12.7 Å². The van der Waals surface area contributed by atoms with Gasteiger partial charge in [-0.15, -0.1) is 0 Å². The van der Waals surface area contributed by atoms with Crippen molar-refractivity contribution in [3.05, 3.63) is 23.8 Å². The molecular weight excluding hydrogens is 213 g/mol. The highest BCUT2D eigenvalue weighted by molar-refractivity contribution is 5.89. The standard InChI is InChI=1S/C9H7F3O3/c1-14-7(13)8-5(9(10,11)12)3-2-4-6(8)15-8/h2-4,6H,1H3/t6-,8+/m0/s1. The fourth-order valence-corrected chi connectivity index (χ4v) is 1.67. The lowest BCUT2D eigenvalue weighted by atomic mass is 9.90. The summed E-state index contributed by atoms with van der Waals surface area (Å²) in [6.07, 6.45) is -1.99. The van der Waals surface area contributed by atoms with Gasteiger partial charge in [0, 0.05) is 0 Å². The molecule has 1 fully saturated rings. The molecule has 2 aliphatic rings. The van der Waals surface area contributed by atoms with Gasteiger partial charge in [0.1, 0.15) is 6.10 Å². The molecule has 0 aromatic rings. The summed E-state index contributed by atoms with van der Waals surface area (Å²) in [5, 5.41) is 0. The quantitative estimate of drug-likeness (QED) is 0.494. The summed E-state index contributed by atoms with van der Waals surface area (Å²) in [7, 11) is 1.03. The second-order valence-electron chi connectivity index (χ2n) is 3.23. The largest absolute Gasteiger partial charge is 0.467 e. The Balaban J connectivity index is 2.40. The Kier molecular flexibility index (Phi) is 1.94. The maximum Gasteiger partial charge on any atom is 0.416 e. The summed E-state index contributed by atoms with van der Waals surface area (Å²) in [5.74, 6) is -1.01. The van der Waals surface area contributed by atoms with Gasteiger partial charge in [-0.3, -0.25) is 0 Å². The van der Waals surface area contributed by atoms with E-state index in [9.17, 15) is 18.0 Å². The Morgan fingerprint density at radius 3 is 2.80 bits per heavy atom. The summed E-state index contributed by atoms with van der Waals surface area (Å²) < 4.78 is 46.8. The zero-order valence-electron chi connectivity index (χ0n) is 7.67. The third kappa shape index (κ3) is 1.28. The SMILES string of the molecule is COC(=O)[C@]12O[C@H]1C=CC=C2C(F)(F)F. The van der Waals surface area contributed by atoms with Gasteiger partial charge in [0.25, 0.3) is 0 Å². The predicted octanol–water partition coefficient (Wildman–Crippen LogP) is 1.36. The number of hydrogen-bond acceptors (Lipinski definition) is 3. The van der Waals surface area contributed by atoms with Crippen LogP contribution < -0.4 is 0 Å². The molecule has 3 nitrogen and oxygen atoms in total. The van der Waals surface area contributed by atoms with Crippen molar-refractivity contribution < 1.29 is 27.4 Å². The highest BCUT2D eigenvalue weighted by atomic mass is 19.4.